The van der Waals surface area contributed by atoms with Gasteiger partial charge in [0.2, 0.25) is 0 Å². The van der Waals surface area contributed by atoms with Crippen molar-refractivity contribution in [1.82, 2.24) is 9.97 Å². The van der Waals surface area contributed by atoms with Gasteiger partial charge >= 0.3 is 0 Å². The number of nitrogens with zero attached hydrogens (tertiary/aromatic N) is 2. The van der Waals surface area contributed by atoms with Crippen LogP contribution in [0.15, 0.2) is 71.4 Å². The summed E-state index contributed by atoms with van der Waals surface area (Å²) in [5.41, 5.74) is 3.23. The van der Waals surface area contributed by atoms with E-state index >= 15 is 0 Å². The maximum absolute atomic E-state index is 12.9. The predicted molar refractivity (Wildman–Crippen MR) is 157 cm³/mol. The molecule has 3 aromatic carbocycles. The number of carbonyl (C=O) groups excluding carboxylic acids is 2. The molecule has 2 amide bonds. The van der Waals surface area contributed by atoms with Gasteiger partial charge in [-0.1, -0.05) is 52.5 Å². The number of hydrogen-bond donors (Lipinski definition) is 2. The Morgan fingerprint density at radius 3 is 1.50 bits per heavy atom. The van der Waals surface area contributed by atoms with Crippen LogP contribution in [0.1, 0.15) is 20.7 Å². The van der Waals surface area contributed by atoms with Crippen molar-refractivity contribution >= 4 is 91.2 Å². The van der Waals surface area contributed by atoms with Crippen molar-refractivity contribution in [3.63, 3.8) is 0 Å². The van der Waals surface area contributed by atoms with Gasteiger partial charge in [0.1, 0.15) is 0 Å². The largest absolute Gasteiger partial charge is 0.298 e. The second kappa shape index (κ2) is 11.4. The van der Waals surface area contributed by atoms with Crippen LogP contribution < -0.4 is 10.6 Å². The van der Waals surface area contributed by atoms with E-state index in [1.165, 1.54) is 28.7 Å². The standard InChI is InChI=1S/C26H14Cl4N4O2S2/c27-15-4-6-17(19(29)9-15)21-11-37-25(31-21)33-23(35)13-2-1-3-14(8-13)24(36)34-26-32-22(12-38-26)18-7-5-16(28)10-20(18)30/h1-12H,(H,31,33,35)(H,32,34,36). The Kier molecular flexibility index (Phi) is 7.99. The number of anilines is 2. The molecule has 38 heavy (non-hydrogen) atoms. The molecule has 12 heteroatoms. The molecule has 2 N–H and O–H groups in total. The van der Waals surface area contributed by atoms with E-state index < -0.39 is 11.8 Å². The molecular weight excluding hydrogens is 606 g/mol. The minimum Gasteiger partial charge on any atom is -0.298 e. The fourth-order valence-electron chi connectivity index (χ4n) is 3.44. The van der Waals surface area contributed by atoms with E-state index in [9.17, 15) is 9.59 Å². The van der Waals surface area contributed by atoms with Crippen LogP contribution in [0.2, 0.25) is 20.1 Å². The quantitative estimate of drug-likeness (QED) is 0.198. The van der Waals surface area contributed by atoms with Crippen LogP contribution in [-0.4, -0.2) is 21.8 Å². The fraction of sp³-hybridized carbons (Fsp3) is 0. The Labute approximate surface area is 245 Å². The molecule has 0 saturated carbocycles. The van der Waals surface area contributed by atoms with Crippen molar-refractivity contribution in [3.05, 3.63) is 103 Å². The zero-order valence-electron chi connectivity index (χ0n) is 19.0. The first kappa shape index (κ1) is 26.6. The SMILES string of the molecule is O=C(Nc1nc(-c2ccc(Cl)cc2Cl)cs1)c1cccc(C(=O)Nc2nc(-c3ccc(Cl)cc3Cl)cs2)c1. The Bertz CT molecular complexity index is 1570. The van der Waals surface area contributed by atoms with Crippen LogP contribution in [0.25, 0.3) is 22.5 Å². The molecule has 0 bridgehead atoms. The summed E-state index contributed by atoms with van der Waals surface area (Å²) >= 11 is 27.0. The van der Waals surface area contributed by atoms with E-state index in [0.29, 0.717) is 64.0 Å². The molecule has 2 aromatic heterocycles. The van der Waals surface area contributed by atoms with E-state index in [1.54, 1.807) is 65.4 Å². The number of aromatic nitrogens is 2. The van der Waals surface area contributed by atoms with Crippen molar-refractivity contribution < 1.29 is 9.59 Å². The molecule has 0 atom stereocenters. The summed E-state index contributed by atoms with van der Waals surface area (Å²) in [5.74, 6) is -0.812. The lowest BCUT2D eigenvalue weighted by Gasteiger charge is -2.06. The van der Waals surface area contributed by atoms with E-state index in [-0.39, 0.29) is 0 Å². The molecular formula is C26H14Cl4N4O2S2. The number of nitrogens with one attached hydrogen (secondary N) is 2. The summed E-state index contributed by atoms with van der Waals surface area (Å²) in [7, 11) is 0. The maximum atomic E-state index is 12.9. The molecule has 0 aliphatic carbocycles. The summed E-state index contributed by atoms with van der Waals surface area (Å²) in [4.78, 5) is 34.6. The lowest BCUT2D eigenvalue weighted by molar-refractivity contribution is 0.102. The summed E-state index contributed by atoms with van der Waals surface area (Å²) in [6, 6.07) is 16.6. The second-order valence-corrected chi connectivity index (χ2v) is 11.2. The Hall–Kier alpha value is -2.98. The highest BCUT2D eigenvalue weighted by Crippen LogP contribution is 2.34. The van der Waals surface area contributed by atoms with Crippen molar-refractivity contribution in [1.29, 1.82) is 0 Å². The monoisotopic (exact) mass is 618 g/mol. The maximum Gasteiger partial charge on any atom is 0.257 e. The van der Waals surface area contributed by atoms with Crippen LogP contribution >= 0.6 is 69.1 Å². The lowest BCUT2D eigenvalue weighted by atomic mass is 10.1. The number of halogens is 4. The highest BCUT2D eigenvalue weighted by Gasteiger charge is 2.16. The van der Waals surface area contributed by atoms with Crippen molar-refractivity contribution in [2.75, 3.05) is 10.6 Å². The minimum absolute atomic E-state index is 0.298. The molecule has 2 heterocycles. The first-order valence-corrected chi connectivity index (χ1v) is 14.1. The first-order valence-electron chi connectivity index (χ1n) is 10.8. The zero-order valence-corrected chi connectivity index (χ0v) is 23.6. The summed E-state index contributed by atoms with van der Waals surface area (Å²) in [5, 5.41) is 11.8. The topological polar surface area (TPSA) is 84.0 Å². The molecule has 0 radical (unpaired) electrons. The van der Waals surface area contributed by atoms with Gasteiger partial charge in [-0.15, -0.1) is 22.7 Å². The van der Waals surface area contributed by atoms with Crippen LogP contribution in [0.5, 0.6) is 0 Å². The molecule has 6 nitrogen and oxygen atoms in total. The van der Waals surface area contributed by atoms with Gasteiger partial charge in [-0.3, -0.25) is 20.2 Å². The fourth-order valence-corrected chi connectivity index (χ4v) is 5.87. The number of hydrogen-bond acceptors (Lipinski definition) is 6. The molecule has 0 aliphatic rings. The third kappa shape index (κ3) is 6.02. The molecule has 0 saturated heterocycles. The van der Waals surface area contributed by atoms with Gasteiger partial charge in [0.25, 0.3) is 11.8 Å². The van der Waals surface area contributed by atoms with E-state index in [4.69, 9.17) is 46.4 Å². The van der Waals surface area contributed by atoms with Crippen LogP contribution in [0.4, 0.5) is 10.3 Å². The van der Waals surface area contributed by atoms with E-state index in [2.05, 4.69) is 20.6 Å². The van der Waals surface area contributed by atoms with Gasteiger partial charge in [0.05, 0.1) is 21.4 Å². The molecule has 5 rings (SSSR count). The summed E-state index contributed by atoms with van der Waals surface area (Å²) in [6.45, 7) is 0. The van der Waals surface area contributed by atoms with Gasteiger partial charge in [-0.05, 0) is 54.6 Å². The van der Waals surface area contributed by atoms with Gasteiger partial charge < -0.3 is 0 Å². The van der Waals surface area contributed by atoms with Crippen molar-refractivity contribution in [2.24, 2.45) is 0 Å². The second-order valence-electron chi connectivity index (χ2n) is 7.81. The zero-order chi connectivity index (χ0) is 26.8. The van der Waals surface area contributed by atoms with Gasteiger partial charge in [0.15, 0.2) is 10.3 Å². The van der Waals surface area contributed by atoms with E-state index in [0.717, 1.165) is 0 Å². The Balaban J connectivity index is 1.27. The third-order valence-electron chi connectivity index (χ3n) is 5.25. The van der Waals surface area contributed by atoms with Gasteiger partial charge in [0, 0.05) is 43.1 Å². The Morgan fingerprint density at radius 2 is 1.08 bits per heavy atom. The highest BCUT2D eigenvalue weighted by atomic mass is 35.5. The molecule has 0 spiro atoms. The third-order valence-corrected chi connectivity index (χ3v) is 7.86. The average Bonchev–Trinajstić information content (AvgIpc) is 3.54. The molecule has 0 fully saturated rings. The smallest absolute Gasteiger partial charge is 0.257 e. The van der Waals surface area contributed by atoms with Crippen molar-refractivity contribution in [2.45, 2.75) is 0 Å². The van der Waals surface area contributed by atoms with Crippen LogP contribution in [0, 0.1) is 0 Å². The predicted octanol–water partition coefficient (Wildman–Crippen LogP) is 9.05. The molecule has 190 valence electrons. The number of carbonyl (C=O) groups is 2. The molecule has 0 aliphatic heterocycles. The van der Waals surface area contributed by atoms with E-state index in [1.807, 2.05) is 0 Å². The number of thiazole rings is 2. The molecule has 0 unspecified atom stereocenters. The lowest BCUT2D eigenvalue weighted by Crippen LogP contribution is -2.15. The number of benzene rings is 3. The first-order chi connectivity index (χ1) is 18.3. The highest BCUT2D eigenvalue weighted by molar-refractivity contribution is 7.14. The number of rotatable bonds is 6. The number of amides is 2. The average molecular weight is 620 g/mol. The van der Waals surface area contributed by atoms with Crippen LogP contribution in [-0.2, 0) is 0 Å². The van der Waals surface area contributed by atoms with Crippen LogP contribution in [0.3, 0.4) is 0 Å². The van der Waals surface area contributed by atoms with Gasteiger partial charge in [-0.2, -0.15) is 0 Å². The van der Waals surface area contributed by atoms with Crippen molar-refractivity contribution in [3.8, 4) is 22.5 Å². The molecule has 5 aromatic rings. The normalized spacial score (nSPS) is 10.8. The minimum atomic E-state index is -0.406. The Morgan fingerprint density at radius 1 is 0.632 bits per heavy atom. The summed E-state index contributed by atoms with van der Waals surface area (Å²) < 4.78 is 0. The summed E-state index contributed by atoms with van der Waals surface area (Å²) in [6.07, 6.45) is 0. The van der Waals surface area contributed by atoms with Gasteiger partial charge in [-0.25, -0.2) is 9.97 Å².